The molecule has 1 aliphatic rings. The van der Waals surface area contributed by atoms with Crippen LogP contribution in [0.1, 0.15) is 30.4 Å². The van der Waals surface area contributed by atoms with Crippen molar-refractivity contribution < 1.29 is 9.90 Å². The van der Waals surface area contributed by atoms with Gasteiger partial charge in [0.05, 0.1) is 5.92 Å². The van der Waals surface area contributed by atoms with Gasteiger partial charge in [-0.15, -0.1) is 0 Å². The number of likely N-dealkylation sites (tertiary alicyclic amines) is 1. The van der Waals surface area contributed by atoms with Crippen LogP contribution < -0.4 is 0 Å². The van der Waals surface area contributed by atoms with E-state index in [4.69, 9.17) is 0 Å². The molecule has 0 aromatic heterocycles. The number of carbonyl (C=O) groups excluding carboxylic acids is 1. The first-order valence-electron chi connectivity index (χ1n) is 8.22. The zero-order valence-electron chi connectivity index (χ0n) is 13.5. The summed E-state index contributed by atoms with van der Waals surface area (Å²) < 4.78 is 0. The quantitative estimate of drug-likeness (QED) is 0.946. The Balaban J connectivity index is 2.14. The summed E-state index contributed by atoms with van der Waals surface area (Å²) in [4.78, 5) is 14.7. The second-order valence-electron chi connectivity index (χ2n) is 6.31. The van der Waals surface area contributed by atoms with Crippen LogP contribution in [0.4, 0.5) is 0 Å². The van der Waals surface area contributed by atoms with Crippen molar-refractivity contribution in [2.45, 2.75) is 24.9 Å². The van der Waals surface area contributed by atoms with Gasteiger partial charge in [-0.3, -0.25) is 4.79 Å². The van der Waals surface area contributed by atoms with E-state index in [1.54, 1.807) is 4.90 Å². The molecule has 0 unspecified atom stereocenters. The molecule has 1 amide bonds. The van der Waals surface area contributed by atoms with Crippen LogP contribution in [-0.2, 0) is 10.4 Å². The van der Waals surface area contributed by atoms with E-state index in [0.29, 0.717) is 6.42 Å². The average molecular weight is 309 g/mol. The summed E-state index contributed by atoms with van der Waals surface area (Å²) in [6.07, 6.45) is 2.63. The van der Waals surface area contributed by atoms with Crippen molar-refractivity contribution in [1.29, 1.82) is 0 Å². The van der Waals surface area contributed by atoms with E-state index in [1.807, 2.05) is 67.7 Å². The summed E-state index contributed by atoms with van der Waals surface area (Å²) in [6, 6.07) is 19.1. The summed E-state index contributed by atoms with van der Waals surface area (Å²) in [7, 11) is 1.83. The van der Waals surface area contributed by atoms with Crippen LogP contribution in [-0.4, -0.2) is 29.5 Å². The molecule has 0 spiro atoms. The van der Waals surface area contributed by atoms with E-state index < -0.39 is 11.5 Å². The highest BCUT2D eigenvalue weighted by Crippen LogP contribution is 2.41. The lowest BCUT2D eigenvalue weighted by molar-refractivity contribution is -0.141. The maximum Gasteiger partial charge on any atom is 0.229 e. The minimum Gasteiger partial charge on any atom is -0.380 e. The Hall–Kier alpha value is -2.13. The molecule has 1 aliphatic heterocycles. The topological polar surface area (TPSA) is 40.5 Å². The number of benzene rings is 2. The first-order valence-corrected chi connectivity index (χ1v) is 8.22. The van der Waals surface area contributed by atoms with Crippen molar-refractivity contribution in [3.8, 4) is 0 Å². The second-order valence-corrected chi connectivity index (χ2v) is 6.31. The number of nitrogens with zero attached hydrogens (tertiary/aromatic N) is 1. The van der Waals surface area contributed by atoms with Gasteiger partial charge in [0.25, 0.3) is 0 Å². The fourth-order valence-corrected chi connectivity index (χ4v) is 3.54. The van der Waals surface area contributed by atoms with Gasteiger partial charge in [0.15, 0.2) is 0 Å². The molecular formula is C20H23NO2. The third-order valence-corrected chi connectivity index (χ3v) is 4.84. The number of amides is 1. The molecule has 0 aliphatic carbocycles. The summed E-state index contributed by atoms with van der Waals surface area (Å²) in [5, 5.41) is 11.7. The average Bonchev–Trinajstić information content (AvgIpc) is 2.78. The Kier molecular flexibility index (Phi) is 4.49. The van der Waals surface area contributed by atoms with Crippen LogP contribution >= 0.6 is 0 Å². The summed E-state index contributed by atoms with van der Waals surface area (Å²) >= 11 is 0. The van der Waals surface area contributed by atoms with Crippen LogP contribution in [0.15, 0.2) is 60.7 Å². The molecule has 23 heavy (non-hydrogen) atoms. The number of aliphatic hydroxyl groups is 1. The Labute approximate surface area is 137 Å². The number of hydrogen-bond acceptors (Lipinski definition) is 2. The van der Waals surface area contributed by atoms with E-state index in [1.165, 1.54) is 0 Å². The van der Waals surface area contributed by atoms with Crippen LogP contribution in [0, 0.1) is 5.92 Å². The fraction of sp³-hybridized carbons (Fsp3) is 0.350. The smallest absolute Gasteiger partial charge is 0.229 e. The van der Waals surface area contributed by atoms with Crippen molar-refractivity contribution in [3.05, 3.63) is 71.8 Å². The molecule has 0 saturated carbocycles. The number of rotatable bonds is 3. The summed E-state index contributed by atoms with van der Waals surface area (Å²) in [5.41, 5.74) is 0.262. The third-order valence-electron chi connectivity index (χ3n) is 4.84. The molecule has 1 N–H and O–H groups in total. The summed E-state index contributed by atoms with van der Waals surface area (Å²) in [5.74, 6) is -0.433. The maximum atomic E-state index is 12.9. The van der Waals surface area contributed by atoms with E-state index >= 15 is 0 Å². The van der Waals surface area contributed by atoms with Gasteiger partial charge in [0, 0.05) is 13.6 Å². The van der Waals surface area contributed by atoms with Crippen LogP contribution in [0.25, 0.3) is 0 Å². The third kappa shape index (κ3) is 2.89. The molecule has 1 heterocycles. The van der Waals surface area contributed by atoms with Crippen molar-refractivity contribution in [3.63, 3.8) is 0 Å². The fourth-order valence-electron chi connectivity index (χ4n) is 3.54. The van der Waals surface area contributed by atoms with E-state index in [-0.39, 0.29) is 5.91 Å². The van der Waals surface area contributed by atoms with Gasteiger partial charge in [-0.1, -0.05) is 67.1 Å². The van der Waals surface area contributed by atoms with Gasteiger partial charge in [-0.2, -0.15) is 0 Å². The zero-order valence-corrected chi connectivity index (χ0v) is 13.5. The predicted octanol–water partition coefficient (Wildman–Crippen LogP) is 3.18. The molecule has 3 rings (SSSR count). The zero-order chi connectivity index (χ0) is 16.3. The normalized spacial score (nSPS) is 19.5. The molecule has 1 saturated heterocycles. The van der Waals surface area contributed by atoms with Gasteiger partial charge >= 0.3 is 0 Å². The Morgan fingerprint density at radius 3 is 2.00 bits per heavy atom. The van der Waals surface area contributed by atoms with Crippen LogP contribution in [0.5, 0.6) is 0 Å². The predicted molar refractivity (Wildman–Crippen MR) is 90.9 cm³/mol. The standard InChI is InChI=1S/C20H23NO2/c1-21-15-9-8-14-18(19(21)22)20(23,16-10-4-2-5-11-16)17-12-6-3-7-13-17/h2-7,10-13,18,23H,8-9,14-15H2,1H3/t18-/m1/s1. The highest BCUT2D eigenvalue weighted by molar-refractivity contribution is 5.81. The van der Waals surface area contributed by atoms with Crippen molar-refractivity contribution in [1.82, 2.24) is 4.90 Å². The lowest BCUT2D eigenvalue weighted by atomic mass is 9.73. The lowest BCUT2D eigenvalue weighted by Crippen LogP contribution is -2.45. The van der Waals surface area contributed by atoms with E-state index in [0.717, 1.165) is 30.5 Å². The molecule has 3 heteroatoms. The van der Waals surface area contributed by atoms with Gasteiger partial charge in [0.2, 0.25) is 5.91 Å². The Bertz CT molecular complexity index is 614. The van der Waals surface area contributed by atoms with Gasteiger partial charge in [0.1, 0.15) is 5.60 Å². The summed E-state index contributed by atoms with van der Waals surface area (Å²) in [6.45, 7) is 0.759. The van der Waals surface area contributed by atoms with Crippen LogP contribution in [0.3, 0.4) is 0 Å². The molecular weight excluding hydrogens is 286 g/mol. The first-order chi connectivity index (χ1) is 11.1. The Morgan fingerprint density at radius 1 is 0.957 bits per heavy atom. The molecule has 2 aromatic carbocycles. The van der Waals surface area contributed by atoms with E-state index in [9.17, 15) is 9.90 Å². The van der Waals surface area contributed by atoms with Gasteiger partial charge in [-0.25, -0.2) is 0 Å². The van der Waals surface area contributed by atoms with Crippen LogP contribution in [0.2, 0.25) is 0 Å². The molecule has 2 aromatic rings. The monoisotopic (exact) mass is 309 g/mol. The second kappa shape index (κ2) is 6.55. The van der Waals surface area contributed by atoms with Gasteiger partial charge < -0.3 is 10.0 Å². The first kappa shape index (κ1) is 15.8. The van der Waals surface area contributed by atoms with Crippen molar-refractivity contribution in [2.75, 3.05) is 13.6 Å². The number of carbonyl (C=O) groups is 1. The molecule has 3 nitrogen and oxygen atoms in total. The van der Waals surface area contributed by atoms with E-state index in [2.05, 4.69) is 0 Å². The molecule has 1 fully saturated rings. The molecule has 1 atom stereocenters. The minimum absolute atomic E-state index is 0.0257. The lowest BCUT2D eigenvalue weighted by Gasteiger charge is -2.37. The molecule has 120 valence electrons. The maximum absolute atomic E-state index is 12.9. The van der Waals surface area contributed by atoms with Crippen molar-refractivity contribution >= 4 is 5.91 Å². The molecule has 0 radical (unpaired) electrons. The highest BCUT2D eigenvalue weighted by Gasteiger charge is 2.45. The minimum atomic E-state index is -1.29. The SMILES string of the molecule is CN1CCCC[C@@H](C(O)(c2ccccc2)c2ccccc2)C1=O. The Morgan fingerprint density at radius 2 is 1.48 bits per heavy atom. The van der Waals surface area contributed by atoms with Crippen molar-refractivity contribution in [2.24, 2.45) is 5.92 Å². The number of hydrogen-bond donors (Lipinski definition) is 1. The highest BCUT2D eigenvalue weighted by atomic mass is 16.3. The molecule has 0 bridgehead atoms. The van der Waals surface area contributed by atoms with Gasteiger partial charge in [-0.05, 0) is 24.0 Å². The largest absolute Gasteiger partial charge is 0.380 e.